The van der Waals surface area contributed by atoms with Crippen LogP contribution in [-0.4, -0.2) is 20.1 Å². The average Bonchev–Trinajstić information content (AvgIpc) is 2.64. The molecule has 3 nitrogen and oxygen atoms in total. The van der Waals surface area contributed by atoms with E-state index < -0.39 is 0 Å². The third kappa shape index (κ3) is 3.58. The van der Waals surface area contributed by atoms with Crippen molar-refractivity contribution in [2.45, 2.75) is 47.1 Å². The van der Waals surface area contributed by atoms with Crippen LogP contribution in [0.4, 0.5) is 0 Å². The summed E-state index contributed by atoms with van der Waals surface area (Å²) < 4.78 is 2.04. The van der Waals surface area contributed by atoms with E-state index in [0.717, 1.165) is 30.5 Å². The van der Waals surface area contributed by atoms with Crippen LogP contribution in [0, 0.1) is 11.3 Å². The molecular formula is C12H22BrN3. The van der Waals surface area contributed by atoms with E-state index in [1.165, 1.54) is 0 Å². The Hall–Kier alpha value is -0.380. The summed E-state index contributed by atoms with van der Waals surface area (Å²) in [5.41, 5.74) is 0.280. The SMILES string of the molecule is CCC(C)(CBr)Cc1ncnn1CC(C)C. The van der Waals surface area contributed by atoms with E-state index in [1.807, 2.05) is 4.68 Å². The van der Waals surface area contributed by atoms with Crippen LogP contribution < -0.4 is 0 Å². The highest BCUT2D eigenvalue weighted by Crippen LogP contribution is 2.27. The molecule has 0 aliphatic rings. The fourth-order valence-corrected chi connectivity index (χ4v) is 2.17. The Labute approximate surface area is 107 Å². The summed E-state index contributed by atoms with van der Waals surface area (Å²) in [7, 11) is 0. The lowest BCUT2D eigenvalue weighted by Gasteiger charge is -2.25. The lowest BCUT2D eigenvalue weighted by Crippen LogP contribution is -2.23. The summed E-state index contributed by atoms with van der Waals surface area (Å²) in [6.45, 7) is 9.88. The van der Waals surface area contributed by atoms with Crippen molar-refractivity contribution < 1.29 is 0 Å². The average molecular weight is 288 g/mol. The molecule has 0 amide bonds. The molecule has 1 aromatic rings. The standard InChI is InChI=1S/C12H22BrN3/c1-5-12(4,8-13)6-11-14-9-15-16(11)7-10(2)3/h9-10H,5-8H2,1-4H3. The van der Waals surface area contributed by atoms with E-state index in [1.54, 1.807) is 6.33 Å². The Balaban J connectivity index is 2.76. The third-order valence-corrected chi connectivity index (χ3v) is 4.35. The molecule has 4 heteroatoms. The number of halogens is 1. The number of aromatic nitrogens is 3. The largest absolute Gasteiger partial charge is 0.250 e. The molecule has 0 aliphatic heterocycles. The van der Waals surface area contributed by atoms with Gasteiger partial charge in [0.05, 0.1) is 0 Å². The molecule has 1 heterocycles. The number of nitrogens with zero attached hydrogens (tertiary/aromatic N) is 3. The van der Waals surface area contributed by atoms with Gasteiger partial charge < -0.3 is 0 Å². The maximum atomic E-state index is 4.38. The van der Waals surface area contributed by atoms with Crippen molar-refractivity contribution in [3.8, 4) is 0 Å². The summed E-state index contributed by atoms with van der Waals surface area (Å²) >= 11 is 3.60. The Bertz CT molecular complexity index is 316. The molecule has 1 unspecified atom stereocenters. The first kappa shape index (κ1) is 13.7. The van der Waals surface area contributed by atoms with Crippen LogP contribution in [0.2, 0.25) is 0 Å². The van der Waals surface area contributed by atoms with E-state index in [4.69, 9.17) is 0 Å². The van der Waals surface area contributed by atoms with Crippen molar-refractivity contribution in [2.75, 3.05) is 5.33 Å². The predicted octanol–water partition coefficient (Wildman–Crippen LogP) is 3.29. The maximum absolute atomic E-state index is 4.38. The molecule has 0 aromatic carbocycles. The minimum atomic E-state index is 0.280. The number of alkyl halides is 1. The van der Waals surface area contributed by atoms with Gasteiger partial charge in [0.2, 0.25) is 0 Å². The van der Waals surface area contributed by atoms with E-state index in [2.05, 4.69) is 53.7 Å². The van der Waals surface area contributed by atoms with Crippen LogP contribution in [0.5, 0.6) is 0 Å². The van der Waals surface area contributed by atoms with Gasteiger partial charge in [-0.05, 0) is 17.8 Å². The van der Waals surface area contributed by atoms with E-state index in [-0.39, 0.29) is 5.41 Å². The lowest BCUT2D eigenvalue weighted by molar-refractivity contribution is 0.338. The minimum Gasteiger partial charge on any atom is -0.250 e. The molecule has 0 saturated carbocycles. The molecule has 1 aromatic heterocycles. The molecule has 92 valence electrons. The molecule has 16 heavy (non-hydrogen) atoms. The van der Waals surface area contributed by atoms with Crippen molar-refractivity contribution >= 4 is 15.9 Å². The highest BCUT2D eigenvalue weighted by molar-refractivity contribution is 9.09. The smallest absolute Gasteiger partial charge is 0.138 e. The Morgan fingerprint density at radius 2 is 2.19 bits per heavy atom. The van der Waals surface area contributed by atoms with E-state index in [9.17, 15) is 0 Å². The molecule has 1 atom stereocenters. The van der Waals surface area contributed by atoms with Gasteiger partial charge in [-0.2, -0.15) is 5.10 Å². The molecule has 1 rings (SSSR count). The zero-order chi connectivity index (χ0) is 12.2. The molecule has 0 radical (unpaired) electrons. The molecule has 0 bridgehead atoms. The van der Waals surface area contributed by atoms with E-state index in [0.29, 0.717) is 5.92 Å². The third-order valence-electron chi connectivity index (χ3n) is 2.99. The van der Waals surface area contributed by atoms with E-state index >= 15 is 0 Å². The quantitative estimate of drug-likeness (QED) is 0.752. The van der Waals surface area contributed by atoms with Gasteiger partial charge in [-0.25, -0.2) is 9.67 Å². The number of rotatable bonds is 6. The zero-order valence-electron chi connectivity index (χ0n) is 10.7. The second kappa shape index (κ2) is 5.80. The first-order valence-corrected chi connectivity index (χ1v) is 7.05. The van der Waals surface area contributed by atoms with Crippen LogP contribution >= 0.6 is 15.9 Å². The topological polar surface area (TPSA) is 30.7 Å². The zero-order valence-corrected chi connectivity index (χ0v) is 12.3. The summed E-state index contributed by atoms with van der Waals surface area (Å²) in [6, 6.07) is 0. The van der Waals surface area contributed by atoms with Crippen molar-refractivity contribution in [3.05, 3.63) is 12.2 Å². The Morgan fingerprint density at radius 3 is 2.69 bits per heavy atom. The van der Waals surface area contributed by atoms with Crippen LogP contribution in [0.3, 0.4) is 0 Å². The molecular weight excluding hydrogens is 266 g/mol. The van der Waals surface area contributed by atoms with Gasteiger partial charge in [0.15, 0.2) is 0 Å². The van der Waals surface area contributed by atoms with Crippen molar-refractivity contribution in [3.63, 3.8) is 0 Å². The number of hydrogen-bond acceptors (Lipinski definition) is 2. The van der Waals surface area contributed by atoms with Gasteiger partial charge >= 0.3 is 0 Å². The summed E-state index contributed by atoms with van der Waals surface area (Å²) in [5.74, 6) is 1.72. The summed E-state index contributed by atoms with van der Waals surface area (Å²) in [4.78, 5) is 4.38. The Kier molecular flexibility index (Phi) is 4.96. The molecule has 0 spiro atoms. The van der Waals surface area contributed by atoms with Crippen LogP contribution in [0.1, 0.15) is 39.9 Å². The maximum Gasteiger partial charge on any atom is 0.138 e. The Morgan fingerprint density at radius 1 is 1.50 bits per heavy atom. The molecule has 0 saturated heterocycles. The first-order valence-electron chi connectivity index (χ1n) is 5.93. The molecule has 0 aliphatic carbocycles. The highest BCUT2D eigenvalue weighted by Gasteiger charge is 2.23. The second-order valence-corrected chi connectivity index (χ2v) is 5.79. The monoisotopic (exact) mass is 287 g/mol. The lowest BCUT2D eigenvalue weighted by atomic mass is 9.86. The van der Waals surface area contributed by atoms with Crippen LogP contribution in [-0.2, 0) is 13.0 Å². The van der Waals surface area contributed by atoms with Gasteiger partial charge in [0, 0.05) is 18.3 Å². The first-order chi connectivity index (χ1) is 7.50. The molecule has 0 fully saturated rings. The summed E-state index contributed by atoms with van der Waals surface area (Å²) in [6.07, 6.45) is 3.80. The van der Waals surface area contributed by atoms with Crippen molar-refractivity contribution in [1.82, 2.24) is 14.8 Å². The van der Waals surface area contributed by atoms with Gasteiger partial charge in [-0.3, -0.25) is 0 Å². The number of hydrogen-bond donors (Lipinski definition) is 0. The fraction of sp³-hybridized carbons (Fsp3) is 0.833. The second-order valence-electron chi connectivity index (χ2n) is 5.23. The van der Waals surface area contributed by atoms with Gasteiger partial charge in [-0.15, -0.1) is 0 Å². The highest BCUT2D eigenvalue weighted by atomic mass is 79.9. The van der Waals surface area contributed by atoms with Crippen molar-refractivity contribution in [2.24, 2.45) is 11.3 Å². The van der Waals surface area contributed by atoms with Crippen LogP contribution in [0.25, 0.3) is 0 Å². The molecule has 0 N–H and O–H groups in total. The minimum absolute atomic E-state index is 0.280. The normalized spacial score (nSPS) is 15.4. The van der Waals surface area contributed by atoms with Gasteiger partial charge in [0.25, 0.3) is 0 Å². The summed E-state index contributed by atoms with van der Waals surface area (Å²) in [5, 5.41) is 5.30. The van der Waals surface area contributed by atoms with Crippen molar-refractivity contribution in [1.29, 1.82) is 0 Å². The van der Waals surface area contributed by atoms with Crippen LogP contribution in [0.15, 0.2) is 6.33 Å². The predicted molar refractivity (Wildman–Crippen MR) is 70.8 cm³/mol. The van der Waals surface area contributed by atoms with Gasteiger partial charge in [-0.1, -0.05) is 43.6 Å². The fourth-order valence-electron chi connectivity index (χ4n) is 1.57. The van der Waals surface area contributed by atoms with Gasteiger partial charge in [0.1, 0.15) is 12.2 Å².